The topological polar surface area (TPSA) is 68.8 Å². The lowest BCUT2D eigenvalue weighted by Gasteiger charge is -2.11. The van der Waals surface area contributed by atoms with E-state index in [0.717, 1.165) is 5.75 Å². The second-order valence-corrected chi connectivity index (χ2v) is 4.84. The van der Waals surface area contributed by atoms with Gasteiger partial charge in [0.05, 0.1) is 20.3 Å². The molecule has 0 saturated heterocycles. The van der Waals surface area contributed by atoms with Crippen molar-refractivity contribution in [3.8, 4) is 17.2 Å². The van der Waals surface area contributed by atoms with E-state index in [1.54, 1.807) is 19.2 Å². The first kappa shape index (κ1) is 17.5. The van der Waals surface area contributed by atoms with E-state index in [2.05, 4.69) is 10.6 Å². The fraction of sp³-hybridized carbons (Fsp3) is 0.278. The maximum Gasteiger partial charge on any atom is 0.319 e. The summed E-state index contributed by atoms with van der Waals surface area (Å²) in [5, 5.41) is 5.48. The SMILES string of the molecule is CCOc1ccc(NC(=O)NCCOc2ccccc2OC)cc1. The molecule has 6 nitrogen and oxygen atoms in total. The van der Waals surface area contributed by atoms with Gasteiger partial charge < -0.3 is 24.8 Å². The van der Waals surface area contributed by atoms with Crippen molar-refractivity contribution < 1.29 is 19.0 Å². The van der Waals surface area contributed by atoms with Crippen LogP contribution in [0.1, 0.15) is 6.92 Å². The number of hydrogen-bond donors (Lipinski definition) is 2. The normalized spacial score (nSPS) is 9.92. The van der Waals surface area contributed by atoms with Crippen LogP contribution in [0.2, 0.25) is 0 Å². The van der Waals surface area contributed by atoms with Crippen molar-refractivity contribution in [3.05, 3.63) is 48.5 Å². The lowest BCUT2D eigenvalue weighted by molar-refractivity contribution is 0.246. The summed E-state index contributed by atoms with van der Waals surface area (Å²) in [6.45, 7) is 3.25. The lowest BCUT2D eigenvalue weighted by Crippen LogP contribution is -2.32. The third kappa shape index (κ3) is 5.39. The van der Waals surface area contributed by atoms with Crippen molar-refractivity contribution in [2.45, 2.75) is 6.92 Å². The standard InChI is InChI=1S/C18H22N2O4/c1-3-23-15-10-8-14(9-11-15)20-18(21)19-12-13-24-17-7-5-4-6-16(17)22-2/h4-11H,3,12-13H2,1-2H3,(H2,19,20,21). The van der Waals surface area contributed by atoms with E-state index in [0.29, 0.717) is 36.9 Å². The number of urea groups is 1. The monoisotopic (exact) mass is 330 g/mol. The fourth-order valence-electron chi connectivity index (χ4n) is 2.04. The number of anilines is 1. The largest absolute Gasteiger partial charge is 0.494 e. The zero-order valence-electron chi connectivity index (χ0n) is 13.9. The number of rotatable bonds is 8. The van der Waals surface area contributed by atoms with Crippen LogP contribution in [0, 0.1) is 0 Å². The number of ether oxygens (including phenoxy) is 3. The Morgan fingerprint density at radius 2 is 1.71 bits per heavy atom. The molecule has 24 heavy (non-hydrogen) atoms. The first-order valence-corrected chi connectivity index (χ1v) is 7.76. The molecule has 0 fully saturated rings. The fourth-order valence-corrected chi connectivity index (χ4v) is 2.04. The summed E-state index contributed by atoms with van der Waals surface area (Å²) >= 11 is 0. The third-order valence-electron chi connectivity index (χ3n) is 3.14. The molecular weight excluding hydrogens is 308 g/mol. The van der Waals surface area contributed by atoms with Gasteiger partial charge in [0.25, 0.3) is 0 Å². The maximum absolute atomic E-state index is 11.8. The molecule has 0 saturated carbocycles. The minimum atomic E-state index is -0.289. The zero-order valence-corrected chi connectivity index (χ0v) is 13.9. The van der Waals surface area contributed by atoms with Gasteiger partial charge in [-0.25, -0.2) is 4.79 Å². The summed E-state index contributed by atoms with van der Waals surface area (Å²) in [6.07, 6.45) is 0. The number of benzene rings is 2. The Balaban J connectivity index is 1.71. The molecule has 0 atom stereocenters. The highest BCUT2D eigenvalue weighted by Crippen LogP contribution is 2.25. The molecular formula is C18H22N2O4. The minimum absolute atomic E-state index is 0.289. The lowest BCUT2D eigenvalue weighted by atomic mass is 10.3. The van der Waals surface area contributed by atoms with Crippen molar-refractivity contribution in [1.29, 1.82) is 0 Å². The summed E-state index contributed by atoms with van der Waals surface area (Å²) in [5.41, 5.74) is 0.696. The van der Waals surface area contributed by atoms with Gasteiger partial charge in [-0.2, -0.15) is 0 Å². The highest BCUT2D eigenvalue weighted by Gasteiger charge is 2.04. The van der Waals surface area contributed by atoms with E-state index in [4.69, 9.17) is 14.2 Å². The van der Waals surface area contributed by atoms with Gasteiger partial charge >= 0.3 is 6.03 Å². The van der Waals surface area contributed by atoms with Gasteiger partial charge in [-0.15, -0.1) is 0 Å². The van der Waals surface area contributed by atoms with Crippen LogP contribution in [-0.4, -0.2) is 32.9 Å². The summed E-state index contributed by atoms with van der Waals surface area (Å²) < 4.78 is 16.1. The van der Waals surface area contributed by atoms with Crippen LogP contribution in [-0.2, 0) is 0 Å². The van der Waals surface area contributed by atoms with Gasteiger partial charge in [-0.1, -0.05) is 12.1 Å². The first-order chi connectivity index (χ1) is 11.7. The summed E-state index contributed by atoms with van der Waals surface area (Å²) in [6, 6.07) is 14.3. The van der Waals surface area contributed by atoms with Crippen molar-refractivity contribution in [2.24, 2.45) is 0 Å². The van der Waals surface area contributed by atoms with Crippen LogP contribution in [0.4, 0.5) is 10.5 Å². The molecule has 2 aromatic carbocycles. The Morgan fingerprint density at radius 1 is 1.00 bits per heavy atom. The molecule has 0 aliphatic heterocycles. The van der Waals surface area contributed by atoms with Crippen molar-refractivity contribution in [3.63, 3.8) is 0 Å². The van der Waals surface area contributed by atoms with E-state index in [1.165, 1.54) is 0 Å². The first-order valence-electron chi connectivity index (χ1n) is 7.76. The van der Waals surface area contributed by atoms with Crippen LogP contribution >= 0.6 is 0 Å². The Labute approximate surface area is 141 Å². The Bertz CT molecular complexity index is 644. The smallest absolute Gasteiger partial charge is 0.319 e. The molecule has 0 bridgehead atoms. The van der Waals surface area contributed by atoms with Crippen LogP contribution in [0.25, 0.3) is 0 Å². The van der Waals surface area contributed by atoms with E-state index >= 15 is 0 Å². The molecule has 0 spiro atoms. The summed E-state index contributed by atoms with van der Waals surface area (Å²) in [7, 11) is 1.59. The number of nitrogens with one attached hydrogen (secondary N) is 2. The van der Waals surface area contributed by atoms with E-state index in [-0.39, 0.29) is 6.03 Å². The van der Waals surface area contributed by atoms with Crippen molar-refractivity contribution in [1.82, 2.24) is 5.32 Å². The Kier molecular flexibility index (Phi) is 6.76. The van der Waals surface area contributed by atoms with Crippen LogP contribution < -0.4 is 24.8 Å². The average Bonchev–Trinajstić information content (AvgIpc) is 2.61. The molecule has 0 aromatic heterocycles. The van der Waals surface area contributed by atoms with Crippen LogP contribution in [0.5, 0.6) is 17.2 Å². The van der Waals surface area contributed by atoms with Gasteiger partial charge in [-0.05, 0) is 43.3 Å². The number of para-hydroxylation sites is 2. The summed E-state index contributed by atoms with van der Waals surface area (Å²) in [4.78, 5) is 11.8. The summed E-state index contributed by atoms with van der Waals surface area (Å²) in [5.74, 6) is 2.08. The molecule has 0 radical (unpaired) electrons. The second kappa shape index (κ2) is 9.29. The van der Waals surface area contributed by atoms with Crippen LogP contribution in [0.15, 0.2) is 48.5 Å². The predicted molar refractivity (Wildman–Crippen MR) is 93.1 cm³/mol. The quantitative estimate of drug-likeness (QED) is 0.729. The van der Waals surface area contributed by atoms with Gasteiger partial charge in [0.2, 0.25) is 0 Å². The Hall–Kier alpha value is -2.89. The number of amides is 2. The third-order valence-corrected chi connectivity index (χ3v) is 3.14. The number of methoxy groups -OCH3 is 1. The number of carbonyl (C=O) groups is 1. The molecule has 2 rings (SSSR count). The van der Waals surface area contributed by atoms with Gasteiger partial charge in [0.15, 0.2) is 11.5 Å². The van der Waals surface area contributed by atoms with E-state index in [9.17, 15) is 4.79 Å². The molecule has 6 heteroatoms. The molecule has 0 unspecified atom stereocenters. The van der Waals surface area contributed by atoms with Crippen molar-refractivity contribution >= 4 is 11.7 Å². The molecule has 2 N–H and O–H groups in total. The highest BCUT2D eigenvalue weighted by atomic mass is 16.5. The van der Waals surface area contributed by atoms with Crippen molar-refractivity contribution in [2.75, 3.05) is 32.2 Å². The maximum atomic E-state index is 11.8. The Morgan fingerprint density at radius 3 is 2.38 bits per heavy atom. The molecule has 2 aromatic rings. The second-order valence-electron chi connectivity index (χ2n) is 4.84. The molecule has 0 heterocycles. The van der Waals surface area contributed by atoms with E-state index < -0.39 is 0 Å². The predicted octanol–water partition coefficient (Wildman–Crippen LogP) is 3.29. The molecule has 128 valence electrons. The number of hydrogen-bond acceptors (Lipinski definition) is 4. The zero-order chi connectivity index (χ0) is 17.2. The van der Waals surface area contributed by atoms with E-state index in [1.807, 2.05) is 43.3 Å². The molecule has 2 amide bonds. The molecule has 0 aliphatic carbocycles. The van der Waals surface area contributed by atoms with Gasteiger partial charge in [0.1, 0.15) is 12.4 Å². The minimum Gasteiger partial charge on any atom is -0.494 e. The van der Waals surface area contributed by atoms with Gasteiger partial charge in [0, 0.05) is 5.69 Å². The van der Waals surface area contributed by atoms with Crippen LogP contribution in [0.3, 0.4) is 0 Å². The molecule has 0 aliphatic rings. The van der Waals surface area contributed by atoms with Gasteiger partial charge in [-0.3, -0.25) is 0 Å². The highest BCUT2D eigenvalue weighted by molar-refractivity contribution is 5.89. The number of carbonyl (C=O) groups excluding carboxylic acids is 1. The average molecular weight is 330 g/mol.